The van der Waals surface area contributed by atoms with Gasteiger partial charge in [-0.15, -0.1) is 0 Å². The van der Waals surface area contributed by atoms with Crippen molar-refractivity contribution in [3.05, 3.63) is 58.9 Å². The van der Waals surface area contributed by atoms with E-state index in [2.05, 4.69) is 4.98 Å². The summed E-state index contributed by atoms with van der Waals surface area (Å²) in [6.07, 6.45) is 3.05. The van der Waals surface area contributed by atoms with Crippen molar-refractivity contribution in [2.24, 2.45) is 0 Å². The van der Waals surface area contributed by atoms with Gasteiger partial charge in [0.25, 0.3) is 11.8 Å². The molecular formula is C15H10N2O4. The largest absolute Gasteiger partial charge is 0.478 e. The minimum Gasteiger partial charge on any atom is -0.478 e. The fourth-order valence-corrected chi connectivity index (χ4v) is 2.31. The number of carboxylic acids is 1. The highest BCUT2D eigenvalue weighted by atomic mass is 16.4. The van der Waals surface area contributed by atoms with E-state index in [-0.39, 0.29) is 16.7 Å². The molecule has 1 aromatic carbocycles. The number of carbonyl (C=O) groups excluding carboxylic acids is 2. The highest BCUT2D eigenvalue weighted by molar-refractivity contribution is 6.34. The number of nitrogens with zero attached hydrogens (tertiary/aromatic N) is 2. The maximum atomic E-state index is 12.4. The first-order chi connectivity index (χ1) is 10.0. The predicted octanol–water partition coefficient (Wildman–Crippen LogP) is 1.89. The van der Waals surface area contributed by atoms with Gasteiger partial charge in [0.1, 0.15) is 0 Å². The Hall–Kier alpha value is -3.02. The lowest BCUT2D eigenvalue weighted by Crippen LogP contribution is -2.30. The third kappa shape index (κ3) is 1.88. The number of carbonyl (C=O) groups is 3. The number of imide groups is 1. The summed E-state index contributed by atoms with van der Waals surface area (Å²) in [6.45, 7) is 1.74. The van der Waals surface area contributed by atoms with Crippen LogP contribution in [0.4, 0.5) is 5.69 Å². The van der Waals surface area contributed by atoms with Crippen molar-refractivity contribution >= 4 is 23.5 Å². The summed E-state index contributed by atoms with van der Waals surface area (Å²) in [7, 11) is 0. The number of carboxylic acid groups (broad SMARTS) is 1. The average Bonchev–Trinajstić information content (AvgIpc) is 2.71. The van der Waals surface area contributed by atoms with Crippen LogP contribution in [-0.2, 0) is 0 Å². The normalized spacial score (nSPS) is 13.5. The molecule has 1 aliphatic heterocycles. The summed E-state index contributed by atoms with van der Waals surface area (Å²) in [5.74, 6) is -2.12. The van der Waals surface area contributed by atoms with Crippen molar-refractivity contribution in [3.8, 4) is 0 Å². The van der Waals surface area contributed by atoms with Gasteiger partial charge < -0.3 is 5.11 Å². The average molecular weight is 282 g/mol. The second-order valence-corrected chi connectivity index (χ2v) is 4.67. The molecule has 1 aromatic heterocycles. The molecule has 0 spiro atoms. The van der Waals surface area contributed by atoms with Gasteiger partial charge in [0.15, 0.2) is 0 Å². The standard InChI is InChI=1S/C15H10N2O4/c1-8-7-16-5-4-12(8)17-13(18)10-3-2-9(15(20)21)6-11(10)14(17)19/h2-7H,1H3,(H,20,21). The van der Waals surface area contributed by atoms with E-state index in [1.165, 1.54) is 24.4 Å². The molecule has 0 radical (unpaired) electrons. The Bertz CT molecular complexity index is 798. The number of benzene rings is 1. The van der Waals surface area contributed by atoms with Crippen LogP contribution in [0.15, 0.2) is 36.7 Å². The third-order valence-electron chi connectivity index (χ3n) is 3.37. The monoisotopic (exact) mass is 282 g/mol. The van der Waals surface area contributed by atoms with Gasteiger partial charge in [-0.25, -0.2) is 9.69 Å². The molecule has 104 valence electrons. The number of rotatable bonds is 2. The van der Waals surface area contributed by atoms with Crippen LogP contribution in [0, 0.1) is 6.92 Å². The lowest BCUT2D eigenvalue weighted by molar-refractivity contribution is 0.0696. The highest BCUT2D eigenvalue weighted by Crippen LogP contribution is 2.30. The quantitative estimate of drug-likeness (QED) is 0.850. The number of amides is 2. The zero-order chi connectivity index (χ0) is 15.1. The molecule has 1 aliphatic rings. The molecule has 2 heterocycles. The molecule has 0 saturated carbocycles. The van der Waals surface area contributed by atoms with Gasteiger partial charge in [-0.05, 0) is 36.8 Å². The molecular weight excluding hydrogens is 272 g/mol. The fourth-order valence-electron chi connectivity index (χ4n) is 2.31. The van der Waals surface area contributed by atoms with E-state index >= 15 is 0 Å². The summed E-state index contributed by atoms with van der Waals surface area (Å²) in [5, 5.41) is 8.98. The molecule has 21 heavy (non-hydrogen) atoms. The maximum absolute atomic E-state index is 12.4. The molecule has 0 atom stereocenters. The smallest absolute Gasteiger partial charge is 0.335 e. The molecule has 0 bridgehead atoms. The van der Waals surface area contributed by atoms with Gasteiger partial charge in [0, 0.05) is 12.4 Å². The third-order valence-corrected chi connectivity index (χ3v) is 3.37. The van der Waals surface area contributed by atoms with Crippen molar-refractivity contribution in [2.45, 2.75) is 6.92 Å². The zero-order valence-corrected chi connectivity index (χ0v) is 11.0. The zero-order valence-electron chi connectivity index (χ0n) is 11.0. The van der Waals surface area contributed by atoms with E-state index in [1.54, 1.807) is 19.2 Å². The van der Waals surface area contributed by atoms with Gasteiger partial charge >= 0.3 is 5.97 Å². The van der Waals surface area contributed by atoms with Crippen molar-refractivity contribution < 1.29 is 19.5 Å². The first-order valence-electron chi connectivity index (χ1n) is 6.17. The number of aryl methyl sites for hydroxylation is 1. The first-order valence-corrected chi connectivity index (χ1v) is 6.17. The first kappa shape index (κ1) is 13.0. The van der Waals surface area contributed by atoms with Gasteiger partial charge in [0.05, 0.1) is 22.4 Å². The SMILES string of the molecule is Cc1cnccc1N1C(=O)c2ccc(C(=O)O)cc2C1=O. The topological polar surface area (TPSA) is 87.6 Å². The summed E-state index contributed by atoms with van der Waals surface area (Å²) in [6, 6.07) is 5.49. The second-order valence-electron chi connectivity index (χ2n) is 4.67. The van der Waals surface area contributed by atoms with E-state index in [1.807, 2.05) is 0 Å². The number of anilines is 1. The molecule has 2 amide bonds. The number of fused-ring (bicyclic) bond motifs is 1. The van der Waals surface area contributed by atoms with E-state index in [4.69, 9.17) is 5.11 Å². The Morgan fingerprint density at radius 1 is 1.14 bits per heavy atom. The predicted molar refractivity (Wildman–Crippen MR) is 73.5 cm³/mol. The molecule has 6 heteroatoms. The lowest BCUT2D eigenvalue weighted by atomic mass is 10.1. The van der Waals surface area contributed by atoms with Crippen molar-refractivity contribution in [2.75, 3.05) is 4.90 Å². The van der Waals surface area contributed by atoms with Crippen molar-refractivity contribution in [1.82, 2.24) is 4.98 Å². The van der Waals surface area contributed by atoms with E-state index in [9.17, 15) is 14.4 Å². The number of aromatic nitrogens is 1. The van der Waals surface area contributed by atoms with Crippen LogP contribution >= 0.6 is 0 Å². The van der Waals surface area contributed by atoms with Gasteiger partial charge in [-0.1, -0.05) is 0 Å². The Balaban J connectivity index is 2.13. The van der Waals surface area contributed by atoms with Crippen LogP contribution < -0.4 is 4.90 Å². The van der Waals surface area contributed by atoms with Crippen LogP contribution in [0.25, 0.3) is 0 Å². The van der Waals surface area contributed by atoms with E-state index in [0.29, 0.717) is 11.3 Å². The molecule has 0 fully saturated rings. The van der Waals surface area contributed by atoms with Gasteiger partial charge in [-0.2, -0.15) is 0 Å². The summed E-state index contributed by atoms with van der Waals surface area (Å²) in [5.41, 5.74) is 1.43. The molecule has 0 aliphatic carbocycles. The molecule has 0 saturated heterocycles. The Morgan fingerprint density at radius 2 is 1.86 bits per heavy atom. The molecule has 2 aromatic rings. The van der Waals surface area contributed by atoms with E-state index < -0.39 is 17.8 Å². The number of pyridine rings is 1. The Labute approximate surface area is 119 Å². The minimum atomic E-state index is -1.14. The number of hydrogen-bond donors (Lipinski definition) is 1. The summed E-state index contributed by atoms with van der Waals surface area (Å²) >= 11 is 0. The van der Waals surface area contributed by atoms with Crippen molar-refractivity contribution in [1.29, 1.82) is 0 Å². The molecule has 0 unspecified atom stereocenters. The fraction of sp³-hybridized carbons (Fsp3) is 0.0667. The van der Waals surface area contributed by atoms with Gasteiger partial charge in [0.2, 0.25) is 0 Å². The number of aromatic carboxylic acids is 1. The highest BCUT2D eigenvalue weighted by Gasteiger charge is 2.37. The second kappa shape index (κ2) is 4.52. The van der Waals surface area contributed by atoms with Crippen LogP contribution in [0.3, 0.4) is 0 Å². The summed E-state index contributed by atoms with van der Waals surface area (Å²) in [4.78, 5) is 40.8. The summed E-state index contributed by atoms with van der Waals surface area (Å²) < 4.78 is 0. The van der Waals surface area contributed by atoms with Crippen LogP contribution in [-0.4, -0.2) is 27.9 Å². The Morgan fingerprint density at radius 3 is 2.52 bits per heavy atom. The Kier molecular flexibility index (Phi) is 2.79. The van der Waals surface area contributed by atoms with E-state index in [0.717, 1.165) is 4.90 Å². The molecule has 3 rings (SSSR count). The lowest BCUT2D eigenvalue weighted by Gasteiger charge is -2.15. The molecule has 1 N–H and O–H groups in total. The minimum absolute atomic E-state index is 0.0248. The van der Waals surface area contributed by atoms with Crippen LogP contribution in [0.5, 0.6) is 0 Å². The van der Waals surface area contributed by atoms with Crippen LogP contribution in [0.2, 0.25) is 0 Å². The molecule has 6 nitrogen and oxygen atoms in total. The van der Waals surface area contributed by atoms with Gasteiger partial charge in [-0.3, -0.25) is 14.6 Å². The van der Waals surface area contributed by atoms with Crippen molar-refractivity contribution in [3.63, 3.8) is 0 Å². The number of hydrogen-bond acceptors (Lipinski definition) is 4. The van der Waals surface area contributed by atoms with Crippen LogP contribution in [0.1, 0.15) is 36.6 Å². The maximum Gasteiger partial charge on any atom is 0.335 e.